The molecule has 4 N–H and O–H groups in total. The normalized spacial score (nSPS) is 31.3. The molecule has 0 unspecified atom stereocenters. The maximum absolute atomic E-state index is 12.4. The van der Waals surface area contributed by atoms with E-state index in [4.69, 9.17) is 9.84 Å². The first-order valence-electron chi connectivity index (χ1n) is 11.0. The Kier molecular flexibility index (Phi) is 9.07. The number of hydrogen-bond acceptors (Lipinski definition) is 6. The molecule has 0 aromatic heterocycles. The summed E-state index contributed by atoms with van der Waals surface area (Å²) in [5, 5.41) is 39.1. The molecule has 2 aliphatic rings. The van der Waals surface area contributed by atoms with Crippen molar-refractivity contribution in [2.24, 2.45) is 23.7 Å². The number of rotatable bonds is 10. The van der Waals surface area contributed by atoms with Crippen LogP contribution < -0.4 is 0 Å². The SMILES string of the molecule is CC[C@H](C)C(=O)O[C@@H]1C[C@H](O)C=C2C=C[C@@H](C)[C@@H](CC[C@@H](O)C[C@@H](O)CC(=O)O)[C@H]21. The van der Waals surface area contributed by atoms with Gasteiger partial charge in [0.25, 0.3) is 0 Å². The fourth-order valence-electron chi connectivity index (χ4n) is 4.52. The third-order valence-corrected chi connectivity index (χ3v) is 6.44. The summed E-state index contributed by atoms with van der Waals surface area (Å²) in [7, 11) is 0. The Balaban J connectivity index is 2.09. The van der Waals surface area contributed by atoms with Gasteiger partial charge < -0.3 is 25.2 Å². The summed E-state index contributed by atoms with van der Waals surface area (Å²) < 4.78 is 5.84. The molecular formula is C23H36O7. The smallest absolute Gasteiger partial charge is 0.308 e. The number of carbonyl (C=O) groups is 2. The summed E-state index contributed by atoms with van der Waals surface area (Å²) >= 11 is 0. The van der Waals surface area contributed by atoms with Gasteiger partial charge in [-0.25, -0.2) is 0 Å². The van der Waals surface area contributed by atoms with Gasteiger partial charge in [0.1, 0.15) is 6.10 Å². The van der Waals surface area contributed by atoms with Crippen molar-refractivity contribution in [2.45, 2.75) is 83.7 Å². The quantitative estimate of drug-likeness (QED) is 0.397. The minimum atomic E-state index is -1.10. The highest BCUT2D eigenvalue weighted by Gasteiger charge is 2.42. The molecule has 0 saturated carbocycles. The van der Waals surface area contributed by atoms with E-state index < -0.39 is 30.4 Å². The van der Waals surface area contributed by atoms with Crippen LogP contribution in [0.3, 0.4) is 0 Å². The van der Waals surface area contributed by atoms with E-state index in [1.807, 2.05) is 26.0 Å². The molecule has 0 fully saturated rings. The Hall–Kier alpha value is -1.70. The maximum Gasteiger partial charge on any atom is 0.308 e. The van der Waals surface area contributed by atoms with Crippen LogP contribution in [0.1, 0.15) is 59.3 Å². The summed E-state index contributed by atoms with van der Waals surface area (Å²) in [6, 6.07) is 0. The Bertz CT molecular complexity index is 656. The van der Waals surface area contributed by atoms with Crippen LogP contribution in [0, 0.1) is 23.7 Å². The molecule has 0 saturated heterocycles. The highest BCUT2D eigenvalue weighted by molar-refractivity contribution is 5.72. The average molecular weight is 425 g/mol. The highest BCUT2D eigenvalue weighted by Crippen LogP contribution is 2.44. The number of carboxylic acids is 1. The number of esters is 1. The summed E-state index contributed by atoms with van der Waals surface area (Å²) in [5.41, 5.74) is 0.958. The summed E-state index contributed by atoms with van der Waals surface area (Å²) in [4.78, 5) is 23.1. The van der Waals surface area contributed by atoms with Gasteiger partial charge in [0, 0.05) is 12.3 Å². The van der Waals surface area contributed by atoms with Gasteiger partial charge in [-0.15, -0.1) is 0 Å². The predicted octanol–water partition coefficient (Wildman–Crippen LogP) is 2.44. The molecule has 30 heavy (non-hydrogen) atoms. The van der Waals surface area contributed by atoms with Crippen LogP contribution in [0.25, 0.3) is 0 Å². The number of carbonyl (C=O) groups excluding carboxylic acids is 1. The number of aliphatic hydroxyl groups excluding tert-OH is 3. The topological polar surface area (TPSA) is 124 Å². The van der Waals surface area contributed by atoms with E-state index in [0.29, 0.717) is 25.7 Å². The molecule has 170 valence electrons. The number of aliphatic hydroxyl groups is 3. The second-order valence-electron chi connectivity index (χ2n) is 8.88. The monoisotopic (exact) mass is 424 g/mol. The Morgan fingerprint density at radius 3 is 2.60 bits per heavy atom. The van der Waals surface area contributed by atoms with Crippen molar-refractivity contribution in [3.8, 4) is 0 Å². The van der Waals surface area contributed by atoms with Gasteiger partial charge in [-0.3, -0.25) is 9.59 Å². The first kappa shape index (κ1) is 24.6. The fourth-order valence-corrected chi connectivity index (χ4v) is 4.52. The molecule has 0 aromatic rings. The van der Waals surface area contributed by atoms with Crippen molar-refractivity contribution < 1.29 is 34.8 Å². The van der Waals surface area contributed by atoms with Crippen LogP contribution in [-0.2, 0) is 14.3 Å². The Morgan fingerprint density at radius 1 is 1.27 bits per heavy atom. The molecule has 7 nitrogen and oxygen atoms in total. The van der Waals surface area contributed by atoms with Gasteiger partial charge >= 0.3 is 11.9 Å². The first-order valence-corrected chi connectivity index (χ1v) is 11.0. The second kappa shape index (κ2) is 11.1. The van der Waals surface area contributed by atoms with E-state index in [2.05, 4.69) is 13.0 Å². The van der Waals surface area contributed by atoms with E-state index in [9.17, 15) is 24.9 Å². The third-order valence-electron chi connectivity index (χ3n) is 6.44. The van der Waals surface area contributed by atoms with Crippen molar-refractivity contribution in [1.82, 2.24) is 0 Å². The average Bonchev–Trinajstić information content (AvgIpc) is 2.65. The fraction of sp³-hybridized carbons (Fsp3) is 0.739. The minimum absolute atomic E-state index is 0.0156. The van der Waals surface area contributed by atoms with Gasteiger partial charge in [0.15, 0.2) is 0 Å². The van der Waals surface area contributed by atoms with Crippen LogP contribution >= 0.6 is 0 Å². The van der Waals surface area contributed by atoms with Crippen molar-refractivity contribution in [2.75, 3.05) is 0 Å². The van der Waals surface area contributed by atoms with Gasteiger partial charge in [-0.1, -0.05) is 39.0 Å². The largest absolute Gasteiger partial charge is 0.481 e. The van der Waals surface area contributed by atoms with E-state index in [1.54, 1.807) is 0 Å². The first-order chi connectivity index (χ1) is 14.1. The van der Waals surface area contributed by atoms with E-state index in [0.717, 1.165) is 5.57 Å². The lowest BCUT2D eigenvalue weighted by atomic mass is 9.66. The van der Waals surface area contributed by atoms with Gasteiger partial charge in [-0.2, -0.15) is 0 Å². The molecular weight excluding hydrogens is 388 g/mol. The number of hydrogen-bond donors (Lipinski definition) is 4. The molecule has 0 aliphatic heterocycles. The lowest BCUT2D eigenvalue weighted by Crippen LogP contribution is -2.43. The molecule has 0 amide bonds. The highest BCUT2D eigenvalue weighted by atomic mass is 16.5. The van der Waals surface area contributed by atoms with Crippen LogP contribution in [0.15, 0.2) is 23.8 Å². The van der Waals surface area contributed by atoms with Crippen LogP contribution in [-0.4, -0.2) is 56.8 Å². The van der Waals surface area contributed by atoms with E-state index >= 15 is 0 Å². The standard InChI is InChI=1S/C23H36O7/c1-4-13(2)23(29)30-20-11-17(25)9-15-6-5-14(3)19(22(15)20)8-7-16(24)10-18(26)12-21(27)28/h5-6,9,13-14,16-20,22,24-26H,4,7-8,10-12H2,1-3H3,(H,27,28)/t13-,14+,16+,17+,18+,19+,20+,22-/m0/s1. The molecule has 0 aromatic carbocycles. The van der Waals surface area contributed by atoms with Gasteiger partial charge in [0.05, 0.1) is 30.7 Å². The Labute approximate surface area is 178 Å². The minimum Gasteiger partial charge on any atom is -0.481 e. The van der Waals surface area contributed by atoms with E-state index in [-0.39, 0.29) is 42.5 Å². The number of aliphatic carboxylic acids is 1. The zero-order valence-electron chi connectivity index (χ0n) is 18.1. The number of carboxylic acid groups (broad SMARTS) is 1. The molecule has 7 heteroatoms. The van der Waals surface area contributed by atoms with Crippen LogP contribution in [0.2, 0.25) is 0 Å². The molecule has 2 rings (SSSR count). The molecule has 8 atom stereocenters. The lowest BCUT2D eigenvalue weighted by molar-refractivity contribution is -0.159. The van der Waals surface area contributed by atoms with Crippen LogP contribution in [0.4, 0.5) is 0 Å². The van der Waals surface area contributed by atoms with Crippen LogP contribution in [0.5, 0.6) is 0 Å². The summed E-state index contributed by atoms with van der Waals surface area (Å²) in [6.07, 6.45) is 4.64. The molecule has 0 spiro atoms. The zero-order chi connectivity index (χ0) is 22.4. The number of fused-ring (bicyclic) bond motifs is 1. The number of allylic oxidation sites excluding steroid dienone is 2. The predicted molar refractivity (Wildman–Crippen MR) is 111 cm³/mol. The molecule has 0 heterocycles. The summed E-state index contributed by atoms with van der Waals surface area (Å²) in [5.74, 6) is -1.31. The Morgan fingerprint density at radius 2 is 1.97 bits per heavy atom. The third kappa shape index (κ3) is 6.65. The van der Waals surface area contributed by atoms with E-state index in [1.165, 1.54) is 0 Å². The molecule has 0 bridgehead atoms. The van der Waals surface area contributed by atoms with Crippen molar-refractivity contribution in [3.05, 3.63) is 23.8 Å². The number of ether oxygens (including phenoxy) is 1. The molecule has 0 radical (unpaired) electrons. The summed E-state index contributed by atoms with van der Waals surface area (Å²) in [6.45, 7) is 5.85. The van der Waals surface area contributed by atoms with Gasteiger partial charge in [0.2, 0.25) is 0 Å². The van der Waals surface area contributed by atoms with Crippen molar-refractivity contribution in [3.63, 3.8) is 0 Å². The maximum atomic E-state index is 12.4. The van der Waals surface area contributed by atoms with Crippen molar-refractivity contribution >= 4 is 11.9 Å². The lowest BCUT2D eigenvalue weighted by Gasteiger charge is -2.43. The molecule has 2 aliphatic carbocycles. The van der Waals surface area contributed by atoms with Crippen molar-refractivity contribution in [1.29, 1.82) is 0 Å². The van der Waals surface area contributed by atoms with Gasteiger partial charge in [-0.05, 0) is 43.1 Å². The zero-order valence-corrected chi connectivity index (χ0v) is 18.1. The second-order valence-corrected chi connectivity index (χ2v) is 8.88.